The van der Waals surface area contributed by atoms with Crippen LogP contribution in [0.2, 0.25) is 0 Å². The molecule has 1 aromatic heterocycles. The molecule has 9 heteroatoms. The number of benzene rings is 1. The Morgan fingerprint density at radius 3 is 2.60 bits per heavy atom. The van der Waals surface area contributed by atoms with Crippen LogP contribution in [0.25, 0.3) is 0 Å². The molecule has 3 N–H and O–H groups in total. The van der Waals surface area contributed by atoms with Crippen LogP contribution in [0.5, 0.6) is 11.5 Å². The number of rotatable bonds is 8. The molecule has 1 amide bonds. The highest BCUT2D eigenvalue weighted by atomic mass is 35.5. The summed E-state index contributed by atoms with van der Waals surface area (Å²) in [6.45, 7) is 2.79. The van der Waals surface area contributed by atoms with Gasteiger partial charge in [-0.25, -0.2) is 0 Å². The average Bonchev–Trinajstić information content (AvgIpc) is 3.22. The first-order valence-electron chi connectivity index (χ1n) is 9.46. The quantitative estimate of drug-likeness (QED) is 0.631. The molecule has 0 aliphatic carbocycles. The topological polar surface area (TPSA) is 95.7 Å². The fourth-order valence-corrected chi connectivity index (χ4v) is 3.17. The zero-order valence-corrected chi connectivity index (χ0v) is 18.7. The number of halogens is 2. The molecule has 1 aliphatic heterocycles. The highest BCUT2D eigenvalue weighted by Crippen LogP contribution is 2.31. The van der Waals surface area contributed by atoms with Crippen molar-refractivity contribution in [3.8, 4) is 11.5 Å². The van der Waals surface area contributed by atoms with Crippen molar-refractivity contribution in [1.29, 1.82) is 0 Å². The maximum Gasteiger partial charge on any atom is 0.249 e. The average molecular weight is 458 g/mol. The molecule has 0 spiro atoms. The van der Waals surface area contributed by atoms with E-state index >= 15 is 0 Å². The van der Waals surface area contributed by atoms with E-state index in [1.54, 1.807) is 19.5 Å². The Morgan fingerprint density at radius 1 is 1.23 bits per heavy atom. The minimum Gasteiger partial charge on any atom is -0.493 e. The van der Waals surface area contributed by atoms with Gasteiger partial charge < -0.3 is 25.3 Å². The van der Waals surface area contributed by atoms with Crippen molar-refractivity contribution in [3.05, 3.63) is 53.9 Å². The van der Waals surface area contributed by atoms with E-state index in [2.05, 4.69) is 10.3 Å². The van der Waals surface area contributed by atoms with Crippen molar-refractivity contribution in [2.24, 2.45) is 5.73 Å². The monoisotopic (exact) mass is 457 g/mol. The predicted molar refractivity (Wildman–Crippen MR) is 120 cm³/mol. The summed E-state index contributed by atoms with van der Waals surface area (Å²) in [4.78, 5) is 16.4. The number of nitrogens with two attached hydrogens (primary N) is 1. The number of nitrogens with one attached hydrogen (secondary N) is 1. The van der Waals surface area contributed by atoms with Gasteiger partial charge in [-0.1, -0.05) is 6.07 Å². The number of methoxy groups -OCH3 is 1. The Balaban J connectivity index is 0.00000225. The van der Waals surface area contributed by atoms with Crippen molar-refractivity contribution in [1.82, 2.24) is 10.3 Å². The molecule has 2 aromatic rings. The van der Waals surface area contributed by atoms with Crippen LogP contribution in [0.4, 0.5) is 0 Å². The molecule has 1 unspecified atom stereocenters. The Kier molecular flexibility index (Phi) is 10.9. The molecule has 7 nitrogen and oxygen atoms in total. The molecule has 0 saturated carbocycles. The second-order valence-electron chi connectivity index (χ2n) is 6.84. The number of aromatic nitrogens is 1. The summed E-state index contributed by atoms with van der Waals surface area (Å²) >= 11 is 0. The van der Waals surface area contributed by atoms with E-state index in [-0.39, 0.29) is 42.9 Å². The fourth-order valence-electron chi connectivity index (χ4n) is 3.17. The summed E-state index contributed by atoms with van der Waals surface area (Å²) in [6, 6.07) is 9.28. The van der Waals surface area contributed by atoms with Gasteiger partial charge >= 0.3 is 0 Å². The molecule has 1 aliphatic rings. The normalized spacial score (nSPS) is 18.5. The van der Waals surface area contributed by atoms with Crippen LogP contribution >= 0.6 is 24.8 Å². The second-order valence-corrected chi connectivity index (χ2v) is 6.84. The summed E-state index contributed by atoms with van der Waals surface area (Å²) in [7, 11) is 1.60. The molecule has 1 saturated heterocycles. The van der Waals surface area contributed by atoms with E-state index in [9.17, 15) is 4.79 Å². The highest BCUT2D eigenvalue weighted by molar-refractivity contribution is 5.85. The molecular weight excluding hydrogens is 429 g/mol. The lowest BCUT2D eigenvalue weighted by atomic mass is 10.1. The standard InChI is InChI=1S/C21H27N3O4.2ClH/c1-14(24-21(25)19-6-4-17(12-22)28-19)16-3-5-18(20(11-16)26-2)27-13-15-7-9-23-10-8-15;;/h3,5,7-11,14,17,19H,4,6,12-13,22H2,1-2H3,(H,24,25);2*1H/t14?,17-,19+;;/m1../s1. The largest absolute Gasteiger partial charge is 0.493 e. The first kappa shape index (κ1) is 26.0. The number of carbonyl (C=O) groups is 1. The third-order valence-corrected chi connectivity index (χ3v) is 4.85. The number of amides is 1. The molecule has 30 heavy (non-hydrogen) atoms. The molecule has 2 heterocycles. The van der Waals surface area contributed by atoms with Crippen LogP contribution in [0.15, 0.2) is 42.7 Å². The van der Waals surface area contributed by atoms with Crippen LogP contribution in [-0.4, -0.2) is 36.8 Å². The molecule has 166 valence electrons. The number of nitrogens with zero attached hydrogens (tertiary/aromatic N) is 1. The van der Waals surface area contributed by atoms with Crippen molar-refractivity contribution in [2.45, 2.75) is 44.6 Å². The Morgan fingerprint density at radius 2 is 1.97 bits per heavy atom. The van der Waals surface area contributed by atoms with Crippen molar-refractivity contribution in [3.63, 3.8) is 0 Å². The summed E-state index contributed by atoms with van der Waals surface area (Å²) in [5.74, 6) is 1.15. The molecule has 3 rings (SSSR count). The molecule has 0 radical (unpaired) electrons. The van der Waals surface area contributed by atoms with Crippen molar-refractivity contribution in [2.75, 3.05) is 13.7 Å². The lowest BCUT2D eigenvalue weighted by Crippen LogP contribution is -2.37. The number of carbonyl (C=O) groups excluding carboxylic acids is 1. The van der Waals surface area contributed by atoms with Gasteiger partial charge in [0, 0.05) is 18.9 Å². The Bertz CT molecular complexity index is 795. The van der Waals surface area contributed by atoms with Crippen molar-refractivity contribution >= 4 is 30.7 Å². The van der Waals surface area contributed by atoms with Crippen LogP contribution in [-0.2, 0) is 16.1 Å². The number of pyridine rings is 1. The van der Waals surface area contributed by atoms with Gasteiger partial charge in [-0.15, -0.1) is 24.8 Å². The lowest BCUT2D eigenvalue weighted by molar-refractivity contribution is -0.132. The third-order valence-electron chi connectivity index (χ3n) is 4.85. The zero-order chi connectivity index (χ0) is 19.9. The fraction of sp³-hybridized carbons (Fsp3) is 0.429. The van der Waals surface area contributed by atoms with Crippen LogP contribution in [0.1, 0.15) is 36.9 Å². The predicted octanol–water partition coefficient (Wildman–Crippen LogP) is 3.20. The van der Waals surface area contributed by atoms with Gasteiger partial charge in [0.05, 0.1) is 19.3 Å². The van der Waals surface area contributed by atoms with E-state index in [4.69, 9.17) is 19.9 Å². The van der Waals surface area contributed by atoms with Gasteiger partial charge in [-0.3, -0.25) is 9.78 Å². The summed E-state index contributed by atoms with van der Waals surface area (Å²) in [5, 5.41) is 3.00. The molecule has 1 aromatic carbocycles. The maximum atomic E-state index is 12.4. The van der Waals surface area contributed by atoms with Crippen LogP contribution in [0, 0.1) is 0 Å². The molecule has 1 fully saturated rings. The van der Waals surface area contributed by atoms with Gasteiger partial charge in [0.2, 0.25) is 5.91 Å². The first-order valence-corrected chi connectivity index (χ1v) is 9.46. The number of hydrogen-bond acceptors (Lipinski definition) is 6. The Hall–Kier alpha value is -2.06. The van der Waals surface area contributed by atoms with E-state index in [1.165, 1.54) is 0 Å². The SMILES string of the molecule is COc1cc(C(C)NC(=O)[C@@H]2CC[C@H](CN)O2)ccc1OCc1ccncc1.Cl.Cl. The van der Waals surface area contributed by atoms with E-state index in [0.29, 0.717) is 31.1 Å². The second kappa shape index (κ2) is 12.6. The molecule has 3 atom stereocenters. The van der Waals surface area contributed by atoms with Gasteiger partial charge in [0.15, 0.2) is 11.5 Å². The zero-order valence-electron chi connectivity index (χ0n) is 17.1. The van der Waals surface area contributed by atoms with Gasteiger partial charge in [0.1, 0.15) is 12.7 Å². The van der Waals surface area contributed by atoms with Crippen molar-refractivity contribution < 1.29 is 19.0 Å². The lowest BCUT2D eigenvalue weighted by Gasteiger charge is -2.19. The molecular formula is C21H29Cl2N3O4. The summed E-state index contributed by atoms with van der Waals surface area (Å²) in [5.41, 5.74) is 7.56. The first-order chi connectivity index (χ1) is 13.6. The van der Waals surface area contributed by atoms with Crippen LogP contribution in [0.3, 0.4) is 0 Å². The van der Waals surface area contributed by atoms with E-state index in [1.807, 2.05) is 37.3 Å². The summed E-state index contributed by atoms with van der Waals surface area (Å²) in [6.07, 6.45) is 4.52. The van der Waals surface area contributed by atoms with Crippen LogP contribution < -0.4 is 20.5 Å². The third kappa shape index (κ3) is 6.74. The highest BCUT2D eigenvalue weighted by Gasteiger charge is 2.30. The smallest absolute Gasteiger partial charge is 0.249 e. The maximum absolute atomic E-state index is 12.4. The number of hydrogen-bond donors (Lipinski definition) is 2. The summed E-state index contributed by atoms with van der Waals surface area (Å²) < 4.78 is 17.0. The minimum atomic E-state index is -0.430. The van der Waals surface area contributed by atoms with Gasteiger partial charge in [0.25, 0.3) is 0 Å². The van der Waals surface area contributed by atoms with E-state index in [0.717, 1.165) is 17.5 Å². The Labute approximate surface area is 189 Å². The minimum absolute atomic E-state index is 0. The van der Waals surface area contributed by atoms with Gasteiger partial charge in [-0.2, -0.15) is 0 Å². The van der Waals surface area contributed by atoms with E-state index < -0.39 is 6.10 Å². The number of ether oxygens (including phenoxy) is 3. The van der Waals surface area contributed by atoms with Gasteiger partial charge in [-0.05, 0) is 55.2 Å². The molecule has 0 bridgehead atoms.